The monoisotopic (exact) mass is 290 g/mol. The van der Waals surface area contributed by atoms with E-state index in [1.54, 1.807) is 7.11 Å². The van der Waals surface area contributed by atoms with Crippen LogP contribution in [0.3, 0.4) is 0 Å². The number of methoxy groups -OCH3 is 1. The Morgan fingerprint density at radius 3 is 2.33 bits per heavy atom. The zero-order chi connectivity index (χ0) is 15.7. The Morgan fingerprint density at radius 1 is 1.24 bits per heavy atom. The maximum Gasteiger partial charge on any atom is 0.119 e. The molecule has 0 spiro atoms. The quantitative estimate of drug-likeness (QED) is 0.707. The van der Waals surface area contributed by atoms with Crippen LogP contribution < -0.4 is 14.8 Å². The molecule has 0 aliphatic rings. The van der Waals surface area contributed by atoms with Gasteiger partial charge in [-0.15, -0.1) is 0 Å². The van der Waals surface area contributed by atoms with E-state index in [9.17, 15) is 5.26 Å². The topological polar surface area (TPSA) is 54.3 Å². The first-order valence-electron chi connectivity index (χ1n) is 7.51. The van der Waals surface area contributed by atoms with Gasteiger partial charge in [-0.3, -0.25) is 5.32 Å². The van der Waals surface area contributed by atoms with Crippen molar-refractivity contribution in [2.75, 3.05) is 13.7 Å². The summed E-state index contributed by atoms with van der Waals surface area (Å²) in [5, 5.41) is 12.8. The van der Waals surface area contributed by atoms with Gasteiger partial charge in [-0.1, -0.05) is 6.92 Å². The van der Waals surface area contributed by atoms with Crippen LogP contribution in [0.15, 0.2) is 24.3 Å². The highest BCUT2D eigenvalue weighted by molar-refractivity contribution is 5.31. The van der Waals surface area contributed by atoms with Crippen LogP contribution in [0.2, 0.25) is 0 Å². The van der Waals surface area contributed by atoms with Gasteiger partial charge >= 0.3 is 0 Å². The van der Waals surface area contributed by atoms with Gasteiger partial charge in [0.2, 0.25) is 0 Å². The van der Waals surface area contributed by atoms with Crippen LogP contribution in [0.1, 0.15) is 40.0 Å². The van der Waals surface area contributed by atoms with Crippen LogP contribution in [-0.4, -0.2) is 25.3 Å². The van der Waals surface area contributed by atoms with E-state index in [-0.39, 0.29) is 0 Å². The third-order valence-corrected chi connectivity index (χ3v) is 3.46. The molecule has 0 amide bonds. The van der Waals surface area contributed by atoms with E-state index >= 15 is 0 Å². The van der Waals surface area contributed by atoms with Gasteiger partial charge in [0.05, 0.1) is 19.8 Å². The van der Waals surface area contributed by atoms with Gasteiger partial charge < -0.3 is 9.47 Å². The van der Waals surface area contributed by atoms with Gasteiger partial charge in [0.25, 0.3) is 0 Å². The molecule has 0 aliphatic heterocycles. The first kappa shape index (κ1) is 17.3. The fourth-order valence-electron chi connectivity index (χ4n) is 2.31. The zero-order valence-corrected chi connectivity index (χ0v) is 13.5. The summed E-state index contributed by atoms with van der Waals surface area (Å²) in [5.41, 5.74) is -0.447. The van der Waals surface area contributed by atoms with Crippen LogP contribution in [0.5, 0.6) is 11.5 Å². The van der Waals surface area contributed by atoms with Crippen LogP contribution >= 0.6 is 0 Å². The molecule has 4 nitrogen and oxygen atoms in total. The summed E-state index contributed by atoms with van der Waals surface area (Å²) in [6.07, 6.45) is 2.42. The van der Waals surface area contributed by atoms with Gasteiger partial charge in [-0.25, -0.2) is 0 Å². The molecule has 0 fully saturated rings. The van der Waals surface area contributed by atoms with Gasteiger partial charge in [-0.05, 0) is 57.4 Å². The van der Waals surface area contributed by atoms with Gasteiger partial charge in [0.15, 0.2) is 0 Å². The molecule has 21 heavy (non-hydrogen) atoms. The number of rotatable bonds is 9. The molecule has 1 N–H and O–H groups in total. The van der Waals surface area contributed by atoms with E-state index in [0.717, 1.165) is 30.8 Å². The molecule has 1 unspecified atom stereocenters. The number of hydrogen-bond acceptors (Lipinski definition) is 4. The fourth-order valence-corrected chi connectivity index (χ4v) is 2.31. The van der Waals surface area contributed by atoms with Crippen molar-refractivity contribution >= 4 is 0 Å². The summed E-state index contributed by atoms with van der Waals surface area (Å²) < 4.78 is 10.8. The van der Waals surface area contributed by atoms with Crippen LogP contribution in [0.4, 0.5) is 0 Å². The van der Waals surface area contributed by atoms with E-state index in [2.05, 4.69) is 25.2 Å². The second-order valence-corrected chi connectivity index (χ2v) is 5.47. The number of hydrogen-bond donors (Lipinski definition) is 1. The smallest absolute Gasteiger partial charge is 0.119 e. The van der Waals surface area contributed by atoms with Crippen molar-refractivity contribution in [3.63, 3.8) is 0 Å². The standard InChI is InChI=1S/C17H26N2O2/c1-5-17(13-18,19-14(2)3)11-6-12-21-16-9-7-15(20-4)8-10-16/h7-10,14,19H,5-6,11-12H2,1-4H3. The second kappa shape index (κ2) is 8.53. The normalized spacial score (nSPS) is 13.5. The minimum atomic E-state index is -0.447. The van der Waals surface area contributed by atoms with Gasteiger partial charge in [0.1, 0.15) is 17.0 Å². The number of benzene rings is 1. The molecule has 0 aromatic heterocycles. The summed E-state index contributed by atoms with van der Waals surface area (Å²) in [6, 6.07) is 10.3. The number of nitriles is 1. The zero-order valence-electron chi connectivity index (χ0n) is 13.5. The van der Waals surface area contributed by atoms with E-state index in [1.165, 1.54) is 0 Å². The highest BCUT2D eigenvalue weighted by Crippen LogP contribution is 2.20. The predicted molar refractivity (Wildman–Crippen MR) is 84.6 cm³/mol. The van der Waals surface area contributed by atoms with Crippen molar-refractivity contribution in [3.8, 4) is 17.6 Å². The van der Waals surface area contributed by atoms with E-state index < -0.39 is 5.54 Å². The highest BCUT2D eigenvalue weighted by Gasteiger charge is 2.27. The Labute approximate surface area is 128 Å². The maximum atomic E-state index is 9.43. The number of nitrogens with one attached hydrogen (secondary N) is 1. The molecule has 4 heteroatoms. The van der Waals surface area contributed by atoms with Crippen molar-refractivity contribution in [2.24, 2.45) is 0 Å². The second-order valence-electron chi connectivity index (χ2n) is 5.47. The molecule has 1 aromatic carbocycles. The Bertz CT molecular complexity index is 451. The molecule has 0 saturated carbocycles. The summed E-state index contributed by atoms with van der Waals surface area (Å²) >= 11 is 0. The predicted octanol–water partition coefficient (Wildman–Crippen LogP) is 3.52. The lowest BCUT2D eigenvalue weighted by Crippen LogP contribution is -2.47. The Hall–Kier alpha value is -1.73. The average molecular weight is 290 g/mol. The van der Waals surface area contributed by atoms with Crippen LogP contribution in [0, 0.1) is 11.3 Å². The number of ether oxygens (including phenoxy) is 2. The third kappa shape index (κ3) is 5.65. The molecule has 0 aliphatic carbocycles. The minimum Gasteiger partial charge on any atom is -0.497 e. The largest absolute Gasteiger partial charge is 0.497 e. The van der Waals surface area contributed by atoms with Crippen LogP contribution in [0.25, 0.3) is 0 Å². The number of nitrogens with zero attached hydrogens (tertiary/aromatic N) is 1. The molecule has 0 heterocycles. The lowest BCUT2D eigenvalue weighted by molar-refractivity contribution is 0.268. The summed E-state index contributed by atoms with van der Waals surface area (Å²) in [5.74, 6) is 1.64. The molecule has 0 bridgehead atoms. The molecule has 1 atom stereocenters. The van der Waals surface area contributed by atoms with E-state index in [1.807, 2.05) is 31.2 Å². The van der Waals surface area contributed by atoms with Gasteiger partial charge in [0, 0.05) is 6.04 Å². The third-order valence-electron chi connectivity index (χ3n) is 3.46. The van der Waals surface area contributed by atoms with Crippen molar-refractivity contribution in [1.29, 1.82) is 5.26 Å². The van der Waals surface area contributed by atoms with Crippen molar-refractivity contribution in [2.45, 2.75) is 51.6 Å². The Balaban J connectivity index is 2.42. The first-order chi connectivity index (χ1) is 10.0. The van der Waals surface area contributed by atoms with Crippen LogP contribution in [-0.2, 0) is 0 Å². The molecular formula is C17H26N2O2. The Kier molecular flexibility index (Phi) is 7.04. The van der Waals surface area contributed by atoms with E-state index in [0.29, 0.717) is 12.6 Å². The SMILES string of the molecule is CCC(C#N)(CCCOc1ccc(OC)cc1)NC(C)C. The summed E-state index contributed by atoms with van der Waals surface area (Å²) in [4.78, 5) is 0. The molecule has 0 radical (unpaired) electrons. The first-order valence-corrected chi connectivity index (χ1v) is 7.51. The fraction of sp³-hybridized carbons (Fsp3) is 0.588. The molecule has 1 aromatic rings. The molecule has 0 saturated heterocycles. The van der Waals surface area contributed by atoms with Crippen molar-refractivity contribution in [1.82, 2.24) is 5.32 Å². The molecule has 116 valence electrons. The summed E-state index contributed by atoms with van der Waals surface area (Å²) in [6.45, 7) is 6.78. The summed E-state index contributed by atoms with van der Waals surface area (Å²) in [7, 11) is 1.64. The lowest BCUT2D eigenvalue weighted by Gasteiger charge is -2.29. The Morgan fingerprint density at radius 2 is 1.86 bits per heavy atom. The van der Waals surface area contributed by atoms with Gasteiger partial charge in [-0.2, -0.15) is 5.26 Å². The average Bonchev–Trinajstić information content (AvgIpc) is 2.50. The van der Waals surface area contributed by atoms with Crippen molar-refractivity contribution < 1.29 is 9.47 Å². The minimum absolute atomic E-state index is 0.298. The lowest BCUT2D eigenvalue weighted by atomic mass is 9.91. The molecule has 1 rings (SSSR count). The van der Waals surface area contributed by atoms with E-state index in [4.69, 9.17) is 9.47 Å². The highest BCUT2D eigenvalue weighted by atomic mass is 16.5. The molecular weight excluding hydrogens is 264 g/mol. The van der Waals surface area contributed by atoms with Crippen molar-refractivity contribution in [3.05, 3.63) is 24.3 Å². The maximum absolute atomic E-state index is 9.43.